The first kappa shape index (κ1) is 17.0. The lowest BCUT2D eigenvalue weighted by molar-refractivity contribution is -0.119. The Balaban J connectivity index is 1.87. The Bertz CT molecular complexity index is 664. The van der Waals surface area contributed by atoms with Crippen LogP contribution in [0.25, 0.3) is 0 Å². The van der Waals surface area contributed by atoms with E-state index in [1.54, 1.807) is 0 Å². The van der Waals surface area contributed by atoms with Crippen LogP contribution in [0.4, 0.5) is 8.78 Å². The summed E-state index contributed by atoms with van der Waals surface area (Å²) < 4.78 is 26.9. The monoisotopic (exact) mass is 385 g/mol. The highest BCUT2D eigenvalue weighted by atomic mass is 79.9. The third-order valence-corrected chi connectivity index (χ3v) is 4.53. The molecule has 2 rings (SSSR count). The average molecular weight is 386 g/mol. The van der Waals surface area contributed by atoms with Gasteiger partial charge in [0, 0.05) is 9.37 Å². The summed E-state index contributed by atoms with van der Waals surface area (Å²) in [6.45, 7) is 1.89. The van der Waals surface area contributed by atoms with E-state index in [1.165, 1.54) is 6.07 Å². The molecule has 22 heavy (non-hydrogen) atoms. The highest BCUT2D eigenvalue weighted by Gasteiger charge is 2.10. The van der Waals surface area contributed by atoms with E-state index in [4.69, 9.17) is 0 Å². The van der Waals surface area contributed by atoms with E-state index in [2.05, 4.69) is 21.2 Å². The smallest absolute Gasteiger partial charge is 0.230 e. The molecule has 2 aromatic carbocycles. The summed E-state index contributed by atoms with van der Waals surface area (Å²) in [5.41, 5.74) is 0.995. The van der Waals surface area contributed by atoms with Gasteiger partial charge in [-0.15, -0.1) is 11.8 Å². The van der Waals surface area contributed by atoms with Crippen LogP contribution in [0.1, 0.15) is 18.5 Å². The van der Waals surface area contributed by atoms with Gasteiger partial charge < -0.3 is 5.32 Å². The van der Waals surface area contributed by atoms with Crippen LogP contribution in [0.2, 0.25) is 0 Å². The van der Waals surface area contributed by atoms with Gasteiger partial charge >= 0.3 is 0 Å². The first-order valence-corrected chi connectivity index (χ1v) is 8.36. The summed E-state index contributed by atoms with van der Waals surface area (Å²) >= 11 is 4.52. The molecule has 1 N–H and O–H groups in total. The summed E-state index contributed by atoms with van der Waals surface area (Å²) in [5.74, 6) is -1.82. The number of rotatable bonds is 5. The molecule has 116 valence electrons. The Hall–Kier alpha value is -1.40. The van der Waals surface area contributed by atoms with Crippen LogP contribution in [0, 0.1) is 11.6 Å². The first-order valence-electron chi connectivity index (χ1n) is 6.58. The van der Waals surface area contributed by atoms with Crippen molar-refractivity contribution in [3.05, 3.63) is 64.1 Å². The lowest BCUT2D eigenvalue weighted by Gasteiger charge is -2.14. The second-order valence-corrected chi connectivity index (χ2v) is 6.67. The van der Waals surface area contributed by atoms with E-state index in [9.17, 15) is 13.6 Å². The zero-order valence-corrected chi connectivity index (χ0v) is 14.2. The fourth-order valence-electron chi connectivity index (χ4n) is 1.83. The summed E-state index contributed by atoms with van der Waals surface area (Å²) in [6.07, 6.45) is 0. The fraction of sp³-hybridized carbons (Fsp3) is 0.188. The second-order valence-electron chi connectivity index (χ2n) is 4.71. The zero-order valence-electron chi connectivity index (χ0n) is 11.8. The Morgan fingerprint density at radius 2 is 1.86 bits per heavy atom. The fourth-order valence-corrected chi connectivity index (χ4v) is 2.83. The highest BCUT2D eigenvalue weighted by Crippen LogP contribution is 2.21. The molecule has 0 heterocycles. The van der Waals surface area contributed by atoms with E-state index in [1.807, 2.05) is 31.2 Å². The third-order valence-electron chi connectivity index (χ3n) is 3.01. The molecule has 0 bridgehead atoms. The lowest BCUT2D eigenvalue weighted by atomic mass is 10.1. The quantitative estimate of drug-likeness (QED) is 0.755. The number of benzene rings is 2. The number of hydrogen-bond acceptors (Lipinski definition) is 2. The molecular weight excluding hydrogens is 372 g/mol. The van der Waals surface area contributed by atoms with Gasteiger partial charge in [-0.1, -0.05) is 28.1 Å². The van der Waals surface area contributed by atoms with Gasteiger partial charge in [0.2, 0.25) is 5.91 Å². The minimum absolute atomic E-state index is 0.119. The van der Waals surface area contributed by atoms with Crippen molar-refractivity contribution in [2.24, 2.45) is 0 Å². The van der Waals surface area contributed by atoms with Crippen molar-refractivity contribution in [3.63, 3.8) is 0 Å². The standard InChI is InChI=1S/C16H14BrF2NOS/c1-10(11-2-4-12(17)5-3-11)20-16(21)9-22-13-6-7-14(18)15(19)8-13/h2-8,10H,9H2,1H3,(H,20,21)/t10-/m0/s1. The second kappa shape index (κ2) is 7.74. The number of amides is 1. The molecule has 0 aliphatic rings. The molecule has 0 unspecified atom stereocenters. The Kier molecular flexibility index (Phi) is 5.97. The number of carbonyl (C=O) groups is 1. The van der Waals surface area contributed by atoms with Crippen LogP contribution < -0.4 is 5.32 Å². The number of nitrogens with one attached hydrogen (secondary N) is 1. The van der Waals surface area contributed by atoms with Crippen LogP contribution >= 0.6 is 27.7 Å². The predicted octanol–water partition coefficient (Wildman–Crippen LogP) is 4.70. The van der Waals surface area contributed by atoms with Gasteiger partial charge in [-0.3, -0.25) is 4.79 Å². The van der Waals surface area contributed by atoms with Gasteiger partial charge in [0.25, 0.3) is 0 Å². The van der Waals surface area contributed by atoms with Crippen LogP contribution in [0.15, 0.2) is 51.8 Å². The zero-order chi connectivity index (χ0) is 16.1. The lowest BCUT2D eigenvalue weighted by Crippen LogP contribution is -2.28. The van der Waals surface area contributed by atoms with E-state index in [0.717, 1.165) is 33.9 Å². The van der Waals surface area contributed by atoms with Crippen molar-refractivity contribution in [2.45, 2.75) is 17.9 Å². The van der Waals surface area contributed by atoms with Gasteiger partial charge in [-0.25, -0.2) is 8.78 Å². The maximum absolute atomic E-state index is 13.1. The molecule has 0 fully saturated rings. The van der Waals surface area contributed by atoms with Crippen LogP contribution in [-0.2, 0) is 4.79 Å². The maximum Gasteiger partial charge on any atom is 0.230 e. The van der Waals surface area contributed by atoms with E-state index in [0.29, 0.717) is 4.90 Å². The van der Waals surface area contributed by atoms with Crippen molar-refractivity contribution in [1.29, 1.82) is 0 Å². The first-order chi connectivity index (χ1) is 10.5. The van der Waals surface area contributed by atoms with Gasteiger partial charge in [-0.2, -0.15) is 0 Å². The molecule has 0 saturated carbocycles. The molecule has 2 nitrogen and oxygen atoms in total. The summed E-state index contributed by atoms with van der Waals surface area (Å²) in [7, 11) is 0. The molecule has 0 aliphatic heterocycles. The number of halogens is 3. The molecule has 0 saturated heterocycles. The minimum Gasteiger partial charge on any atom is -0.349 e. The summed E-state index contributed by atoms with van der Waals surface area (Å²) in [5, 5.41) is 2.87. The summed E-state index contributed by atoms with van der Waals surface area (Å²) in [4.78, 5) is 12.4. The molecule has 0 aliphatic carbocycles. The average Bonchev–Trinajstić information content (AvgIpc) is 2.49. The van der Waals surface area contributed by atoms with Crippen molar-refractivity contribution >= 4 is 33.6 Å². The molecule has 6 heteroatoms. The van der Waals surface area contributed by atoms with Crippen LogP contribution in [0.3, 0.4) is 0 Å². The van der Waals surface area contributed by atoms with Crippen molar-refractivity contribution in [3.8, 4) is 0 Å². The molecule has 1 amide bonds. The van der Waals surface area contributed by atoms with Crippen LogP contribution in [-0.4, -0.2) is 11.7 Å². The molecule has 0 radical (unpaired) electrons. The molecular formula is C16H14BrF2NOS. The topological polar surface area (TPSA) is 29.1 Å². The van der Waals surface area contributed by atoms with Gasteiger partial charge in [0.15, 0.2) is 11.6 Å². The largest absolute Gasteiger partial charge is 0.349 e. The predicted molar refractivity (Wildman–Crippen MR) is 87.8 cm³/mol. The summed E-state index contributed by atoms with van der Waals surface area (Å²) in [6, 6.07) is 11.2. The molecule has 0 spiro atoms. The SMILES string of the molecule is C[C@H](NC(=O)CSc1ccc(F)c(F)c1)c1ccc(Br)cc1. The number of hydrogen-bond donors (Lipinski definition) is 1. The highest BCUT2D eigenvalue weighted by molar-refractivity contribution is 9.10. The number of carbonyl (C=O) groups excluding carboxylic acids is 1. The Morgan fingerprint density at radius 3 is 2.50 bits per heavy atom. The normalized spacial score (nSPS) is 12.0. The Labute approximate surface area is 140 Å². The van der Waals surface area contributed by atoms with Crippen LogP contribution in [0.5, 0.6) is 0 Å². The van der Waals surface area contributed by atoms with E-state index < -0.39 is 11.6 Å². The number of thioether (sulfide) groups is 1. The molecule has 0 aromatic heterocycles. The molecule has 2 aromatic rings. The van der Waals surface area contributed by atoms with Crippen molar-refractivity contribution < 1.29 is 13.6 Å². The van der Waals surface area contributed by atoms with Gasteiger partial charge in [0.1, 0.15) is 0 Å². The van der Waals surface area contributed by atoms with E-state index in [-0.39, 0.29) is 17.7 Å². The van der Waals surface area contributed by atoms with Crippen molar-refractivity contribution in [1.82, 2.24) is 5.32 Å². The third kappa shape index (κ3) is 4.81. The Morgan fingerprint density at radius 1 is 1.18 bits per heavy atom. The minimum atomic E-state index is -0.909. The van der Waals surface area contributed by atoms with Crippen molar-refractivity contribution in [2.75, 3.05) is 5.75 Å². The van der Waals surface area contributed by atoms with E-state index >= 15 is 0 Å². The maximum atomic E-state index is 13.1. The van der Waals surface area contributed by atoms with Gasteiger partial charge in [0.05, 0.1) is 11.8 Å². The molecule has 1 atom stereocenters. The van der Waals surface area contributed by atoms with Gasteiger partial charge in [-0.05, 0) is 42.8 Å².